The lowest BCUT2D eigenvalue weighted by Crippen LogP contribution is -2.43. The van der Waals surface area contributed by atoms with E-state index in [1.54, 1.807) is 18.3 Å². The van der Waals surface area contributed by atoms with E-state index in [9.17, 15) is 8.78 Å². The van der Waals surface area contributed by atoms with Gasteiger partial charge in [0.1, 0.15) is 18.0 Å². The first kappa shape index (κ1) is 10.4. The Bertz CT molecular complexity index is 1240. The van der Waals surface area contributed by atoms with Crippen LogP contribution >= 0.6 is 0 Å². The number of hydrogen-bond acceptors (Lipinski definition) is 5. The third-order valence-corrected chi connectivity index (χ3v) is 3.64. The number of halogens is 2. The highest BCUT2D eigenvalue weighted by molar-refractivity contribution is 5.64. The van der Waals surface area contributed by atoms with Crippen molar-refractivity contribution in [2.75, 3.05) is 36.2 Å². The van der Waals surface area contributed by atoms with Gasteiger partial charge in [0.15, 0.2) is 0 Å². The molecule has 2 aromatic carbocycles. The molecule has 0 amide bonds. The number of aromatic nitrogens is 3. The molecule has 1 aliphatic heterocycles. The number of rotatable bonds is 4. The van der Waals surface area contributed by atoms with E-state index in [1.165, 1.54) is 18.5 Å². The van der Waals surface area contributed by atoms with Gasteiger partial charge in [-0.2, -0.15) is 4.98 Å². The second-order valence-corrected chi connectivity index (χ2v) is 5.76. The highest BCUT2D eigenvalue weighted by Gasteiger charge is 2.12. The molecular weight excluding hydrogens is 350 g/mol. The Morgan fingerprint density at radius 1 is 1.04 bits per heavy atom. The van der Waals surface area contributed by atoms with Gasteiger partial charge >= 0.3 is 0 Å². The van der Waals surface area contributed by atoms with Crippen LogP contribution in [0.1, 0.15) is 16.5 Å². The Hall–Kier alpha value is -3.00. The maximum Gasteiger partial charge on any atom is 0.246 e. The fourth-order valence-corrected chi connectivity index (χ4v) is 2.57. The molecule has 27 heavy (non-hydrogen) atoms. The maximum atomic E-state index is 13.5. The van der Waals surface area contributed by atoms with Crippen LogP contribution in [0.4, 0.5) is 26.1 Å². The zero-order valence-electron chi connectivity index (χ0n) is 22.1. The second-order valence-electron chi connectivity index (χ2n) is 5.76. The normalized spacial score (nSPS) is 26.3. The average molecular weight is 378 g/mol. The van der Waals surface area contributed by atoms with Crippen LogP contribution in [0.3, 0.4) is 0 Å². The summed E-state index contributed by atoms with van der Waals surface area (Å²) in [5.41, 5.74) is 0.723. The van der Waals surface area contributed by atoms with Gasteiger partial charge < -0.3 is 15.5 Å². The molecule has 140 valence electrons. The predicted octanol–water partition coefficient (Wildman–Crippen LogP) is 3.01. The van der Waals surface area contributed by atoms with Gasteiger partial charge in [0, 0.05) is 48.9 Å². The molecular formula is C19H20F2N6. The summed E-state index contributed by atoms with van der Waals surface area (Å²) in [7, 11) is 0. The van der Waals surface area contributed by atoms with E-state index >= 15 is 0 Å². The van der Waals surface area contributed by atoms with E-state index in [4.69, 9.17) is 11.0 Å². The summed E-state index contributed by atoms with van der Waals surface area (Å²) in [6.07, 6.45) is 1.21. The fourth-order valence-electron chi connectivity index (χ4n) is 2.57. The standard InChI is InChI=1S/C19H20F2N6/c1-13-6-16(11-17(7-13)26-4-2-22-3-5-26)24-19-23-12-27(25-19)18-9-14(20)8-15(21)10-18/h6-12,22H,2-5H2,1H3,(H,24,25)/i2D2,3D2,4D2,5D2. The molecule has 3 aromatic rings. The summed E-state index contributed by atoms with van der Waals surface area (Å²) in [6, 6.07) is 7.11. The first-order valence-electron chi connectivity index (χ1n) is 11.9. The summed E-state index contributed by atoms with van der Waals surface area (Å²) >= 11 is 0. The van der Waals surface area contributed by atoms with Crippen LogP contribution < -0.4 is 15.5 Å². The van der Waals surface area contributed by atoms with Crippen molar-refractivity contribution < 1.29 is 19.7 Å². The zero-order valence-corrected chi connectivity index (χ0v) is 14.1. The van der Waals surface area contributed by atoms with Crippen LogP contribution in [0, 0.1) is 18.6 Å². The van der Waals surface area contributed by atoms with Crippen molar-refractivity contribution in [1.29, 1.82) is 0 Å². The molecule has 0 spiro atoms. The van der Waals surface area contributed by atoms with Crippen LogP contribution in [0.5, 0.6) is 0 Å². The van der Waals surface area contributed by atoms with Crippen LogP contribution in [0.15, 0.2) is 42.7 Å². The van der Waals surface area contributed by atoms with E-state index in [0.29, 0.717) is 16.5 Å². The SMILES string of the molecule is [2H]C1([2H])NC([2H])([2H])C([2H])([2H])N(c2cc(C)cc(Nc3ncn(-c4cc(F)cc(F)c4)n3)c2)C1([2H])[2H]. The van der Waals surface area contributed by atoms with Crippen LogP contribution in [0.2, 0.25) is 0 Å². The van der Waals surface area contributed by atoms with Gasteiger partial charge in [0.05, 0.1) is 11.2 Å². The quantitative estimate of drug-likeness (QED) is 0.731. The Balaban J connectivity index is 1.71. The lowest BCUT2D eigenvalue weighted by Gasteiger charge is -2.30. The minimum atomic E-state index is -2.99. The summed E-state index contributed by atoms with van der Waals surface area (Å²) < 4.78 is 93.3. The highest BCUT2D eigenvalue weighted by atomic mass is 19.1. The number of nitrogens with one attached hydrogen (secondary N) is 2. The van der Waals surface area contributed by atoms with E-state index in [0.717, 1.165) is 16.8 Å². The third-order valence-electron chi connectivity index (χ3n) is 3.64. The number of hydrogen-bond donors (Lipinski definition) is 2. The largest absolute Gasteiger partial charge is 0.369 e. The van der Waals surface area contributed by atoms with Gasteiger partial charge in [-0.15, -0.1) is 5.10 Å². The average Bonchev–Trinajstić information content (AvgIpc) is 3.13. The molecule has 0 aliphatic carbocycles. The number of aryl methyl sites for hydroxylation is 1. The molecule has 1 fully saturated rings. The van der Waals surface area contributed by atoms with Crippen molar-refractivity contribution in [3.63, 3.8) is 0 Å². The molecule has 4 rings (SSSR count). The zero-order chi connectivity index (χ0) is 26.0. The monoisotopic (exact) mass is 378 g/mol. The van der Waals surface area contributed by atoms with Crippen LogP contribution in [0.25, 0.3) is 5.69 Å². The van der Waals surface area contributed by atoms with E-state index in [1.807, 2.05) is 0 Å². The Kier molecular flexibility index (Phi) is 2.81. The Morgan fingerprint density at radius 2 is 1.78 bits per heavy atom. The summed E-state index contributed by atoms with van der Waals surface area (Å²) in [6.45, 7) is -10.2. The Morgan fingerprint density at radius 3 is 2.52 bits per heavy atom. The number of nitrogens with zero attached hydrogens (tertiary/aromatic N) is 4. The van der Waals surface area contributed by atoms with Gasteiger partial charge in [-0.1, -0.05) is 0 Å². The summed E-state index contributed by atoms with van der Waals surface area (Å²) in [4.78, 5) is 4.45. The molecule has 0 saturated carbocycles. The highest BCUT2D eigenvalue weighted by Crippen LogP contribution is 2.24. The van der Waals surface area contributed by atoms with Gasteiger partial charge in [0.25, 0.3) is 0 Å². The van der Waals surface area contributed by atoms with Crippen molar-refractivity contribution in [2.45, 2.75) is 6.92 Å². The van der Waals surface area contributed by atoms with E-state index in [-0.39, 0.29) is 23.0 Å². The number of benzene rings is 2. The summed E-state index contributed by atoms with van der Waals surface area (Å²) in [5, 5.41) is 8.73. The minimum absolute atomic E-state index is 0.00297. The third kappa shape index (κ3) is 4.06. The van der Waals surface area contributed by atoms with Crippen molar-refractivity contribution >= 4 is 17.3 Å². The smallest absolute Gasteiger partial charge is 0.246 e. The maximum absolute atomic E-state index is 13.5. The number of anilines is 3. The molecule has 1 aromatic heterocycles. The predicted molar refractivity (Wildman–Crippen MR) is 101 cm³/mol. The lowest BCUT2D eigenvalue weighted by atomic mass is 10.1. The Labute approximate surface area is 167 Å². The van der Waals surface area contributed by atoms with Crippen molar-refractivity contribution in [3.05, 3.63) is 59.9 Å². The van der Waals surface area contributed by atoms with E-state index < -0.39 is 37.6 Å². The van der Waals surface area contributed by atoms with Gasteiger partial charge in [-0.05, 0) is 42.8 Å². The fraction of sp³-hybridized carbons (Fsp3) is 0.263. The van der Waals surface area contributed by atoms with Gasteiger partial charge in [-0.25, -0.2) is 13.5 Å². The topological polar surface area (TPSA) is 58.0 Å². The van der Waals surface area contributed by atoms with Gasteiger partial charge in [0.2, 0.25) is 5.95 Å². The molecule has 0 bridgehead atoms. The first-order chi connectivity index (χ1) is 16.0. The molecule has 2 N–H and O–H groups in total. The van der Waals surface area contributed by atoms with Crippen molar-refractivity contribution in [3.8, 4) is 5.69 Å². The molecule has 8 heteroatoms. The molecule has 2 heterocycles. The molecule has 6 nitrogen and oxygen atoms in total. The second kappa shape index (κ2) is 7.32. The van der Waals surface area contributed by atoms with Crippen LogP contribution in [-0.4, -0.2) is 40.8 Å². The van der Waals surface area contributed by atoms with Crippen LogP contribution in [-0.2, 0) is 0 Å². The number of piperazine rings is 1. The lowest BCUT2D eigenvalue weighted by molar-refractivity contribution is 0.580. The van der Waals surface area contributed by atoms with Crippen molar-refractivity contribution in [2.24, 2.45) is 0 Å². The molecule has 0 atom stereocenters. The van der Waals surface area contributed by atoms with E-state index in [2.05, 4.69) is 15.4 Å². The van der Waals surface area contributed by atoms with Gasteiger partial charge in [-0.3, -0.25) is 0 Å². The summed E-state index contributed by atoms with van der Waals surface area (Å²) in [5.74, 6) is -1.59. The molecule has 0 unspecified atom stereocenters. The molecule has 1 aliphatic rings. The molecule has 0 radical (unpaired) electrons. The first-order valence-corrected chi connectivity index (χ1v) is 7.90. The molecule has 1 saturated heterocycles. The minimum Gasteiger partial charge on any atom is -0.369 e. The van der Waals surface area contributed by atoms with Crippen molar-refractivity contribution in [1.82, 2.24) is 20.1 Å².